The van der Waals surface area contributed by atoms with Gasteiger partial charge in [0.1, 0.15) is 18.5 Å². The van der Waals surface area contributed by atoms with Crippen molar-refractivity contribution in [3.63, 3.8) is 0 Å². The molecule has 19 nitrogen and oxygen atoms in total. The highest BCUT2D eigenvalue weighted by atomic mass is 16.4. The van der Waals surface area contributed by atoms with Gasteiger partial charge in [-0.1, -0.05) is 0 Å². The Labute approximate surface area is 228 Å². The van der Waals surface area contributed by atoms with Crippen molar-refractivity contribution in [2.45, 2.75) is 63.1 Å². The smallest absolute Gasteiger partial charge is 0.305 e. The maximum atomic E-state index is 12.8. The molecule has 16 N–H and O–H groups in total. The minimum atomic E-state index is -1.56. The fourth-order valence-electron chi connectivity index (χ4n) is 3.17. The molecule has 0 aromatic carbocycles. The molecule has 0 aliphatic carbocycles. The van der Waals surface area contributed by atoms with E-state index in [0.717, 1.165) is 0 Å². The van der Waals surface area contributed by atoms with Gasteiger partial charge < -0.3 is 55.5 Å². The molecule has 5 amide bonds. The number of primary amides is 2. The first-order chi connectivity index (χ1) is 18.6. The molecule has 0 aliphatic heterocycles. The lowest BCUT2D eigenvalue weighted by Gasteiger charge is -2.19. The largest absolute Gasteiger partial charge is 0.481 e. The Morgan fingerprint density at radius 1 is 0.600 bits per heavy atom. The molecule has 0 aliphatic rings. The normalized spacial score (nSPS) is 12.5. The Morgan fingerprint density at radius 3 is 1.43 bits per heavy atom. The van der Waals surface area contributed by atoms with Crippen LogP contribution in [0.1, 0.15) is 44.9 Å². The Bertz CT molecular complexity index is 1010. The first kappa shape index (κ1) is 35.0. The number of nitrogens with one attached hydrogen (secondary N) is 3. The van der Waals surface area contributed by atoms with E-state index in [9.17, 15) is 33.6 Å². The third kappa shape index (κ3) is 16.7. The van der Waals surface area contributed by atoms with E-state index in [4.69, 9.17) is 39.5 Å². The first-order valence-electron chi connectivity index (χ1n) is 11.9. The Hall–Kier alpha value is -4.97. The average molecular weight is 572 g/mol. The number of ketones is 1. The summed E-state index contributed by atoms with van der Waals surface area (Å²) in [5, 5.41) is 15.5. The summed E-state index contributed by atoms with van der Waals surface area (Å²) in [5.41, 5.74) is 31.3. The van der Waals surface area contributed by atoms with Crippen LogP contribution in [0.25, 0.3) is 0 Å². The van der Waals surface area contributed by atoms with Crippen LogP contribution >= 0.6 is 0 Å². The number of nitrogens with two attached hydrogens (primary N) is 6. The average Bonchev–Trinajstić information content (AvgIpc) is 2.81. The zero-order chi connectivity index (χ0) is 30.8. The molecule has 0 bridgehead atoms. The second kappa shape index (κ2) is 18.3. The number of carbonyl (C=O) groups is 7. The molecule has 0 aromatic rings. The van der Waals surface area contributed by atoms with Gasteiger partial charge in [0.15, 0.2) is 17.7 Å². The molecule has 0 heterocycles. The SMILES string of the molecule is NC(=O)[C@H](CCCN=C(N)N)NC(=O)CC(=O)[C@H](CCCN=C(N)N)NC(=O)CC(=O)N[C@@H](CC(=O)O)C(N)=O. The molecule has 0 radical (unpaired) electrons. The molecule has 0 fully saturated rings. The Balaban J connectivity index is 5.27. The second-order valence-electron chi connectivity index (χ2n) is 8.48. The van der Waals surface area contributed by atoms with Gasteiger partial charge in [-0.05, 0) is 25.7 Å². The van der Waals surface area contributed by atoms with E-state index in [1.165, 1.54) is 0 Å². The molecule has 0 aromatic heterocycles. The number of guanidine groups is 2. The van der Waals surface area contributed by atoms with Crippen molar-refractivity contribution in [1.82, 2.24) is 16.0 Å². The summed E-state index contributed by atoms with van der Waals surface area (Å²) in [6, 6.07) is -3.94. The Kier molecular flexibility index (Phi) is 16.0. The predicted molar refractivity (Wildman–Crippen MR) is 140 cm³/mol. The lowest BCUT2D eigenvalue weighted by Crippen LogP contribution is -2.49. The number of Topliss-reactive ketones (excluding diaryl/α,β-unsaturated/α-hetero) is 1. The van der Waals surface area contributed by atoms with Gasteiger partial charge in [0.2, 0.25) is 29.5 Å². The van der Waals surface area contributed by atoms with Crippen molar-refractivity contribution < 1.29 is 38.7 Å². The summed E-state index contributed by atoms with van der Waals surface area (Å²) >= 11 is 0. The summed E-state index contributed by atoms with van der Waals surface area (Å²) in [7, 11) is 0. The standard InChI is InChI=1S/C21H37N11O8/c22-18(39)11(4-2-6-29-21(26)27)31-14(34)8-13(33)10(3-1-5-28-20(24)25)30-15(35)9-16(36)32-12(19(23)40)7-17(37)38/h10-12H,1-9H2,(H2,22,39)(H2,23,40)(H,30,35)(H,31,34)(H,32,36)(H,37,38)(H4,24,25,28)(H4,26,27,29)/t10-,11-,12-/m0/s1. The molecule has 224 valence electrons. The van der Waals surface area contributed by atoms with Crippen LogP contribution in [0.15, 0.2) is 9.98 Å². The van der Waals surface area contributed by atoms with Gasteiger partial charge in [0.25, 0.3) is 0 Å². The molecular weight excluding hydrogens is 534 g/mol. The topological polar surface area (TPSA) is 357 Å². The number of carboxylic acids is 1. The van der Waals surface area contributed by atoms with Crippen molar-refractivity contribution in [2.24, 2.45) is 44.4 Å². The number of aliphatic carboxylic acids is 1. The van der Waals surface area contributed by atoms with Crippen LogP contribution in [0.3, 0.4) is 0 Å². The van der Waals surface area contributed by atoms with Gasteiger partial charge in [-0.2, -0.15) is 0 Å². The highest BCUT2D eigenvalue weighted by molar-refractivity contribution is 6.04. The van der Waals surface area contributed by atoms with Crippen molar-refractivity contribution in [1.29, 1.82) is 0 Å². The predicted octanol–water partition coefficient (Wildman–Crippen LogP) is -5.66. The summed E-state index contributed by atoms with van der Waals surface area (Å²) in [4.78, 5) is 91.1. The molecule has 0 saturated carbocycles. The fourth-order valence-corrected chi connectivity index (χ4v) is 3.17. The van der Waals surface area contributed by atoms with Crippen LogP contribution in [0, 0.1) is 0 Å². The summed E-state index contributed by atoms with van der Waals surface area (Å²) in [6.45, 7) is 0.262. The molecule has 0 rings (SSSR count). The Morgan fingerprint density at radius 2 is 1.00 bits per heavy atom. The maximum absolute atomic E-state index is 12.8. The number of nitrogens with zero attached hydrogens (tertiary/aromatic N) is 2. The van der Waals surface area contributed by atoms with E-state index >= 15 is 0 Å². The summed E-state index contributed by atoms with van der Waals surface area (Å²) in [5.74, 6) is -7.35. The van der Waals surface area contributed by atoms with Crippen LogP contribution in [0.2, 0.25) is 0 Å². The van der Waals surface area contributed by atoms with E-state index in [2.05, 4.69) is 20.6 Å². The monoisotopic (exact) mass is 571 g/mol. The third-order valence-electron chi connectivity index (χ3n) is 5.01. The molecule has 0 spiro atoms. The van der Waals surface area contributed by atoms with Crippen LogP contribution in [-0.4, -0.2) is 89.5 Å². The zero-order valence-corrected chi connectivity index (χ0v) is 21.8. The number of hydrogen-bond acceptors (Lipinski definition) is 9. The van der Waals surface area contributed by atoms with Crippen molar-refractivity contribution >= 4 is 53.2 Å². The minimum Gasteiger partial charge on any atom is -0.481 e. The molecule has 40 heavy (non-hydrogen) atoms. The number of carboxylic acid groups (broad SMARTS) is 1. The fraction of sp³-hybridized carbons (Fsp3) is 0.571. The van der Waals surface area contributed by atoms with Gasteiger partial charge in [-0.15, -0.1) is 0 Å². The van der Waals surface area contributed by atoms with Gasteiger partial charge in [0.05, 0.1) is 18.9 Å². The van der Waals surface area contributed by atoms with E-state index < -0.39 is 78.7 Å². The van der Waals surface area contributed by atoms with Crippen LogP contribution in [-0.2, 0) is 33.6 Å². The minimum absolute atomic E-state index is 0.0308. The van der Waals surface area contributed by atoms with Gasteiger partial charge in [0, 0.05) is 13.1 Å². The second-order valence-corrected chi connectivity index (χ2v) is 8.48. The number of rotatable bonds is 20. The number of aliphatic imine (C=N–C) groups is 2. The lowest BCUT2D eigenvalue weighted by molar-refractivity contribution is -0.140. The number of carbonyl (C=O) groups excluding carboxylic acids is 6. The molecular formula is C21H37N11O8. The van der Waals surface area contributed by atoms with Crippen LogP contribution in [0.5, 0.6) is 0 Å². The van der Waals surface area contributed by atoms with Crippen molar-refractivity contribution in [2.75, 3.05) is 13.1 Å². The van der Waals surface area contributed by atoms with Gasteiger partial charge in [-0.25, -0.2) is 0 Å². The molecule has 19 heteroatoms. The van der Waals surface area contributed by atoms with Crippen molar-refractivity contribution in [3.05, 3.63) is 0 Å². The molecule has 0 unspecified atom stereocenters. The zero-order valence-electron chi connectivity index (χ0n) is 21.8. The highest BCUT2D eigenvalue weighted by Gasteiger charge is 2.27. The van der Waals surface area contributed by atoms with E-state index in [0.29, 0.717) is 6.42 Å². The molecule has 3 atom stereocenters. The maximum Gasteiger partial charge on any atom is 0.305 e. The third-order valence-corrected chi connectivity index (χ3v) is 5.01. The summed E-state index contributed by atoms with van der Waals surface area (Å²) in [6.07, 6.45) is -1.88. The van der Waals surface area contributed by atoms with E-state index in [1.54, 1.807) is 0 Å². The van der Waals surface area contributed by atoms with Crippen molar-refractivity contribution in [3.8, 4) is 0 Å². The quantitative estimate of drug-likeness (QED) is 0.0283. The van der Waals surface area contributed by atoms with Crippen LogP contribution < -0.4 is 50.4 Å². The summed E-state index contributed by atoms with van der Waals surface area (Å²) < 4.78 is 0. The van der Waals surface area contributed by atoms with Gasteiger partial charge >= 0.3 is 5.97 Å². The van der Waals surface area contributed by atoms with E-state index in [1.807, 2.05) is 5.32 Å². The highest BCUT2D eigenvalue weighted by Crippen LogP contribution is 2.05. The molecule has 0 saturated heterocycles. The van der Waals surface area contributed by atoms with Gasteiger partial charge in [-0.3, -0.25) is 43.5 Å². The number of amides is 5. The van der Waals surface area contributed by atoms with Crippen LogP contribution in [0.4, 0.5) is 0 Å². The van der Waals surface area contributed by atoms with E-state index in [-0.39, 0.29) is 44.3 Å². The first-order valence-corrected chi connectivity index (χ1v) is 11.9. The number of hydrogen-bond donors (Lipinski definition) is 10. The lowest BCUT2D eigenvalue weighted by atomic mass is 10.0.